The van der Waals surface area contributed by atoms with Gasteiger partial charge in [0.25, 0.3) is 5.91 Å². The number of nitro groups is 1. The molecular formula is C18H18N2O5. The predicted octanol–water partition coefficient (Wildman–Crippen LogP) is 3.25. The number of nitro benzene ring substituents is 1. The summed E-state index contributed by atoms with van der Waals surface area (Å²) in [5.41, 5.74) is 0.906. The first-order chi connectivity index (χ1) is 12.1. The Morgan fingerprint density at radius 3 is 2.92 bits per heavy atom. The Hall–Kier alpha value is -3.09. The third kappa shape index (κ3) is 3.55. The normalized spacial score (nSPS) is 15.6. The van der Waals surface area contributed by atoms with Crippen LogP contribution in [0.1, 0.15) is 35.3 Å². The molecule has 0 aliphatic carbocycles. The number of carbonyl (C=O) groups excluding carboxylic acids is 1. The van der Waals surface area contributed by atoms with E-state index in [1.807, 2.05) is 24.3 Å². The first-order valence-corrected chi connectivity index (χ1v) is 8.04. The highest BCUT2D eigenvalue weighted by molar-refractivity contribution is 5.95. The Morgan fingerprint density at radius 1 is 1.36 bits per heavy atom. The minimum atomic E-state index is -0.550. The zero-order chi connectivity index (χ0) is 17.8. The average Bonchev–Trinajstić information content (AvgIpc) is 2.62. The third-order valence-corrected chi connectivity index (χ3v) is 3.98. The number of para-hydroxylation sites is 1. The Kier molecular flexibility index (Phi) is 4.83. The lowest BCUT2D eigenvalue weighted by Gasteiger charge is -2.26. The molecule has 1 amide bonds. The van der Waals surface area contributed by atoms with E-state index in [1.165, 1.54) is 18.2 Å². The van der Waals surface area contributed by atoms with E-state index in [1.54, 1.807) is 6.92 Å². The lowest BCUT2D eigenvalue weighted by Crippen LogP contribution is -2.32. The van der Waals surface area contributed by atoms with E-state index in [0.717, 1.165) is 11.3 Å². The molecule has 7 nitrogen and oxygen atoms in total. The SMILES string of the molecule is CCOc1ccc(C(=O)N[C@@H]2CCOc3ccccc32)cc1[N+](=O)[O-]. The topological polar surface area (TPSA) is 90.7 Å². The lowest BCUT2D eigenvalue weighted by molar-refractivity contribution is -0.385. The monoisotopic (exact) mass is 342 g/mol. The van der Waals surface area contributed by atoms with Gasteiger partial charge in [-0.15, -0.1) is 0 Å². The lowest BCUT2D eigenvalue weighted by atomic mass is 10.00. The van der Waals surface area contributed by atoms with Gasteiger partial charge in [0.2, 0.25) is 0 Å². The smallest absolute Gasteiger partial charge is 0.311 e. The summed E-state index contributed by atoms with van der Waals surface area (Å²) in [4.78, 5) is 23.2. The molecule has 1 N–H and O–H groups in total. The van der Waals surface area contributed by atoms with Crippen molar-refractivity contribution in [2.45, 2.75) is 19.4 Å². The molecule has 0 bridgehead atoms. The summed E-state index contributed by atoms with van der Waals surface area (Å²) in [6, 6.07) is 11.5. The molecule has 1 heterocycles. The summed E-state index contributed by atoms with van der Waals surface area (Å²) in [5, 5.41) is 14.1. The molecule has 25 heavy (non-hydrogen) atoms. The fourth-order valence-corrected chi connectivity index (χ4v) is 2.81. The van der Waals surface area contributed by atoms with Gasteiger partial charge in [-0.05, 0) is 25.1 Å². The van der Waals surface area contributed by atoms with Crippen molar-refractivity contribution < 1.29 is 19.2 Å². The molecule has 0 saturated heterocycles. The average molecular weight is 342 g/mol. The van der Waals surface area contributed by atoms with Gasteiger partial charge in [-0.2, -0.15) is 0 Å². The van der Waals surface area contributed by atoms with Gasteiger partial charge >= 0.3 is 5.69 Å². The second-order valence-corrected chi connectivity index (χ2v) is 5.57. The van der Waals surface area contributed by atoms with Gasteiger partial charge in [0.05, 0.1) is 24.2 Å². The number of rotatable bonds is 5. The molecule has 7 heteroatoms. The van der Waals surface area contributed by atoms with Crippen molar-refractivity contribution in [2.75, 3.05) is 13.2 Å². The standard InChI is InChI=1S/C18H18N2O5/c1-2-24-17-8-7-12(11-15(17)20(22)23)18(21)19-14-9-10-25-16-6-4-3-5-13(14)16/h3-8,11,14H,2,9-10H2,1H3,(H,19,21)/t14-/m1/s1. The van der Waals surface area contributed by atoms with Crippen LogP contribution >= 0.6 is 0 Å². The van der Waals surface area contributed by atoms with Crippen LogP contribution in [0.15, 0.2) is 42.5 Å². The van der Waals surface area contributed by atoms with E-state index in [0.29, 0.717) is 19.6 Å². The molecule has 1 aliphatic heterocycles. The number of carbonyl (C=O) groups is 1. The van der Waals surface area contributed by atoms with Gasteiger partial charge in [-0.1, -0.05) is 18.2 Å². The summed E-state index contributed by atoms with van der Waals surface area (Å²) in [5.74, 6) is 0.532. The van der Waals surface area contributed by atoms with Crippen LogP contribution in [0.4, 0.5) is 5.69 Å². The molecule has 0 spiro atoms. The minimum Gasteiger partial charge on any atom is -0.493 e. The fourth-order valence-electron chi connectivity index (χ4n) is 2.81. The second kappa shape index (κ2) is 7.21. The number of amides is 1. The molecule has 0 aromatic heterocycles. The van der Waals surface area contributed by atoms with Gasteiger partial charge in [0.1, 0.15) is 5.75 Å². The number of nitrogens with zero attached hydrogens (tertiary/aromatic N) is 1. The van der Waals surface area contributed by atoms with Crippen molar-refractivity contribution in [1.29, 1.82) is 0 Å². The van der Waals surface area contributed by atoms with Crippen LogP contribution in [0.5, 0.6) is 11.5 Å². The second-order valence-electron chi connectivity index (χ2n) is 5.57. The molecule has 0 fully saturated rings. The van der Waals surface area contributed by atoms with E-state index in [2.05, 4.69) is 5.32 Å². The van der Waals surface area contributed by atoms with Crippen LogP contribution in [-0.2, 0) is 0 Å². The third-order valence-electron chi connectivity index (χ3n) is 3.98. The summed E-state index contributed by atoms with van der Waals surface area (Å²) < 4.78 is 10.8. The zero-order valence-electron chi connectivity index (χ0n) is 13.7. The van der Waals surface area contributed by atoms with Gasteiger partial charge in [0, 0.05) is 23.6 Å². The molecular weight excluding hydrogens is 324 g/mol. The Bertz CT molecular complexity index is 806. The minimum absolute atomic E-state index is 0.153. The number of fused-ring (bicyclic) bond motifs is 1. The predicted molar refractivity (Wildman–Crippen MR) is 91.0 cm³/mol. The Balaban J connectivity index is 1.83. The van der Waals surface area contributed by atoms with Gasteiger partial charge < -0.3 is 14.8 Å². The van der Waals surface area contributed by atoms with E-state index < -0.39 is 4.92 Å². The highest BCUT2D eigenvalue weighted by Crippen LogP contribution is 2.32. The van der Waals surface area contributed by atoms with Crippen LogP contribution in [0.25, 0.3) is 0 Å². The molecule has 2 aromatic carbocycles. The number of hydrogen-bond donors (Lipinski definition) is 1. The number of ether oxygens (including phenoxy) is 2. The first kappa shape index (κ1) is 16.8. The number of hydrogen-bond acceptors (Lipinski definition) is 5. The molecule has 3 rings (SSSR count). The maximum absolute atomic E-state index is 12.6. The molecule has 1 aliphatic rings. The molecule has 0 saturated carbocycles. The van der Waals surface area contributed by atoms with E-state index in [4.69, 9.17) is 9.47 Å². The molecule has 2 aromatic rings. The molecule has 0 radical (unpaired) electrons. The van der Waals surface area contributed by atoms with Crippen molar-refractivity contribution in [1.82, 2.24) is 5.32 Å². The van der Waals surface area contributed by atoms with Crippen molar-refractivity contribution in [3.63, 3.8) is 0 Å². The van der Waals surface area contributed by atoms with Crippen LogP contribution < -0.4 is 14.8 Å². The summed E-state index contributed by atoms with van der Waals surface area (Å²) in [7, 11) is 0. The largest absolute Gasteiger partial charge is 0.493 e. The van der Waals surface area contributed by atoms with Crippen molar-refractivity contribution in [3.05, 3.63) is 63.7 Å². The summed E-state index contributed by atoms with van der Waals surface area (Å²) in [6.45, 7) is 2.56. The number of benzene rings is 2. The number of nitrogens with one attached hydrogen (secondary N) is 1. The molecule has 0 unspecified atom stereocenters. The summed E-state index contributed by atoms with van der Waals surface area (Å²) >= 11 is 0. The highest BCUT2D eigenvalue weighted by Gasteiger charge is 2.24. The Labute approximate surface area is 144 Å². The van der Waals surface area contributed by atoms with Crippen LogP contribution in [0.2, 0.25) is 0 Å². The zero-order valence-corrected chi connectivity index (χ0v) is 13.7. The fraction of sp³-hybridized carbons (Fsp3) is 0.278. The Morgan fingerprint density at radius 2 is 2.16 bits per heavy atom. The van der Waals surface area contributed by atoms with Crippen molar-refractivity contribution >= 4 is 11.6 Å². The summed E-state index contributed by atoms with van der Waals surface area (Å²) in [6.07, 6.45) is 0.641. The van der Waals surface area contributed by atoms with Crippen molar-refractivity contribution in [2.24, 2.45) is 0 Å². The van der Waals surface area contributed by atoms with Gasteiger partial charge in [-0.25, -0.2) is 0 Å². The van der Waals surface area contributed by atoms with Crippen LogP contribution in [0.3, 0.4) is 0 Å². The van der Waals surface area contributed by atoms with Crippen LogP contribution in [0, 0.1) is 10.1 Å². The van der Waals surface area contributed by atoms with Crippen LogP contribution in [-0.4, -0.2) is 24.0 Å². The quantitative estimate of drug-likeness (QED) is 0.665. The highest BCUT2D eigenvalue weighted by atomic mass is 16.6. The maximum Gasteiger partial charge on any atom is 0.311 e. The van der Waals surface area contributed by atoms with E-state index >= 15 is 0 Å². The van der Waals surface area contributed by atoms with E-state index in [9.17, 15) is 14.9 Å². The van der Waals surface area contributed by atoms with Gasteiger partial charge in [0.15, 0.2) is 5.75 Å². The first-order valence-electron chi connectivity index (χ1n) is 8.04. The van der Waals surface area contributed by atoms with Gasteiger partial charge in [-0.3, -0.25) is 14.9 Å². The maximum atomic E-state index is 12.6. The van der Waals surface area contributed by atoms with E-state index in [-0.39, 0.29) is 28.9 Å². The molecule has 1 atom stereocenters. The molecule has 130 valence electrons. The van der Waals surface area contributed by atoms with Crippen molar-refractivity contribution in [3.8, 4) is 11.5 Å².